The van der Waals surface area contributed by atoms with Gasteiger partial charge in [0.2, 0.25) is 0 Å². The molecule has 0 unspecified atom stereocenters. The van der Waals surface area contributed by atoms with Gasteiger partial charge in [-0.1, -0.05) is 44.7 Å². The Morgan fingerprint density at radius 2 is 1.92 bits per heavy atom. The predicted molar refractivity (Wildman–Crippen MR) is 103 cm³/mol. The molecule has 2 rings (SSSR count). The van der Waals surface area contributed by atoms with Crippen LogP contribution in [0.1, 0.15) is 39.2 Å². The summed E-state index contributed by atoms with van der Waals surface area (Å²) in [5.41, 5.74) is 1.03. The molecule has 1 aromatic carbocycles. The first-order valence-corrected chi connectivity index (χ1v) is 8.97. The van der Waals surface area contributed by atoms with Gasteiger partial charge in [0.15, 0.2) is 0 Å². The zero-order valence-corrected chi connectivity index (χ0v) is 15.4. The number of ketones is 1. The molecule has 0 bridgehead atoms. The molecule has 146 valence electrons. The first-order chi connectivity index (χ1) is 12.1. The van der Waals surface area contributed by atoms with Gasteiger partial charge in [-0.2, -0.15) is 0 Å². The SMILES string of the molecule is C.COC(=O)[C@@H](CC(=O)[C@H](C)[C@@H](OC)[C@@H]1CCCN1)Cc1ccccc1. The lowest BCUT2D eigenvalue weighted by atomic mass is 9.86. The molecule has 1 N–H and O–H groups in total. The van der Waals surface area contributed by atoms with E-state index in [1.54, 1.807) is 7.11 Å². The molecule has 1 aliphatic heterocycles. The summed E-state index contributed by atoms with van der Waals surface area (Å²) in [5.74, 6) is -1.01. The van der Waals surface area contributed by atoms with E-state index >= 15 is 0 Å². The van der Waals surface area contributed by atoms with Crippen LogP contribution in [0.15, 0.2) is 30.3 Å². The minimum Gasteiger partial charge on any atom is -0.469 e. The number of esters is 1. The van der Waals surface area contributed by atoms with E-state index in [4.69, 9.17) is 9.47 Å². The number of hydrogen-bond acceptors (Lipinski definition) is 5. The Labute approximate surface area is 157 Å². The lowest BCUT2D eigenvalue weighted by Crippen LogP contribution is -2.43. The van der Waals surface area contributed by atoms with Gasteiger partial charge in [0.05, 0.1) is 19.1 Å². The molecule has 5 heteroatoms. The molecule has 5 nitrogen and oxygen atoms in total. The topological polar surface area (TPSA) is 64.6 Å². The predicted octanol–water partition coefficient (Wildman–Crippen LogP) is 3.02. The van der Waals surface area contributed by atoms with Crippen molar-refractivity contribution in [3.05, 3.63) is 35.9 Å². The molecule has 1 aromatic rings. The van der Waals surface area contributed by atoms with Gasteiger partial charge in [0, 0.05) is 25.5 Å². The highest BCUT2D eigenvalue weighted by atomic mass is 16.5. The Kier molecular flexibility index (Phi) is 9.52. The molecule has 0 aromatic heterocycles. The third-order valence-corrected chi connectivity index (χ3v) is 5.07. The molecule has 0 spiro atoms. The molecular weight excluding hydrogens is 330 g/mol. The van der Waals surface area contributed by atoms with Crippen LogP contribution in [-0.4, -0.2) is 44.7 Å². The fourth-order valence-electron chi connectivity index (χ4n) is 3.62. The Morgan fingerprint density at radius 3 is 2.46 bits per heavy atom. The Morgan fingerprint density at radius 1 is 1.23 bits per heavy atom. The Hall–Kier alpha value is -1.72. The van der Waals surface area contributed by atoms with Crippen LogP contribution >= 0.6 is 0 Å². The van der Waals surface area contributed by atoms with Gasteiger partial charge in [-0.3, -0.25) is 9.59 Å². The maximum Gasteiger partial charge on any atom is 0.309 e. The van der Waals surface area contributed by atoms with Crippen molar-refractivity contribution < 1.29 is 19.1 Å². The average Bonchev–Trinajstić information content (AvgIpc) is 3.16. The number of methoxy groups -OCH3 is 2. The molecule has 0 amide bonds. The zero-order chi connectivity index (χ0) is 18.2. The van der Waals surface area contributed by atoms with Crippen LogP contribution in [0.3, 0.4) is 0 Å². The summed E-state index contributed by atoms with van der Waals surface area (Å²) >= 11 is 0. The van der Waals surface area contributed by atoms with Crippen molar-refractivity contribution in [2.75, 3.05) is 20.8 Å². The summed E-state index contributed by atoms with van der Waals surface area (Å²) in [4.78, 5) is 25.0. The van der Waals surface area contributed by atoms with Gasteiger partial charge in [0.25, 0.3) is 0 Å². The van der Waals surface area contributed by atoms with Crippen LogP contribution in [-0.2, 0) is 25.5 Å². The minimum atomic E-state index is -0.462. The molecular formula is C21H33NO4. The average molecular weight is 363 g/mol. The Bertz CT molecular complexity index is 554. The number of Topliss-reactive ketones (excluding diaryl/α,β-unsaturated/α-hetero) is 1. The molecule has 1 fully saturated rings. The number of nitrogens with one attached hydrogen (secondary N) is 1. The second-order valence-electron chi connectivity index (χ2n) is 6.77. The van der Waals surface area contributed by atoms with Crippen LogP contribution in [0, 0.1) is 11.8 Å². The lowest BCUT2D eigenvalue weighted by Gasteiger charge is -2.28. The van der Waals surface area contributed by atoms with Crippen LogP contribution in [0.25, 0.3) is 0 Å². The molecule has 0 radical (unpaired) electrons. The number of hydrogen-bond donors (Lipinski definition) is 1. The number of benzene rings is 1. The molecule has 0 saturated carbocycles. The number of carbonyl (C=O) groups is 2. The summed E-state index contributed by atoms with van der Waals surface area (Å²) in [6, 6.07) is 9.92. The first-order valence-electron chi connectivity index (χ1n) is 8.97. The molecule has 4 atom stereocenters. The van der Waals surface area contributed by atoms with E-state index in [1.807, 2.05) is 37.3 Å². The highest BCUT2D eigenvalue weighted by Crippen LogP contribution is 2.23. The third kappa shape index (κ3) is 5.92. The van der Waals surface area contributed by atoms with Crippen molar-refractivity contribution >= 4 is 11.8 Å². The Balaban J connectivity index is 0.00000338. The fraction of sp³-hybridized carbons (Fsp3) is 0.619. The van der Waals surface area contributed by atoms with E-state index in [1.165, 1.54) is 7.11 Å². The van der Waals surface area contributed by atoms with Crippen molar-refractivity contribution in [2.45, 2.75) is 52.2 Å². The van der Waals surface area contributed by atoms with E-state index in [2.05, 4.69) is 5.32 Å². The van der Waals surface area contributed by atoms with E-state index in [0.717, 1.165) is 24.9 Å². The highest BCUT2D eigenvalue weighted by Gasteiger charge is 2.34. The van der Waals surface area contributed by atoms with Gasteiger partial charge in [-0.25, -0.2) is 0 Å². The lowest BCUT2D eigenvalue weighted by molar-refractivity contribution is -0.148. The highest BCUT2D eigenvalue weighted by molar-refractivity contribution is 5.86. The van der Waals surface area contributed by atoms with Crippen molar-refractivity contribution in [3.8, 4) is 0 Å². The van der Waals surface area contributed by atoms with Crippen LogP contribution in [0.5, 0.6) is 0 Å². The molecule has 26 heavy (non-hydrogen) atoms. The molecule has 0 aliphatic carbocycles. The summed E-state index contributed by atoms with van der Waals surface area (Å²) in [7, 11) is 3.02. The second kappa shape index (κ2) is 11.1. The number of carbonyl (C=O) groups excluding carboxylic acids is 2. The monoisotopic (exact) mass is 363 g/mol. The van der Waals surface area contributed by atoms with Gasteiger partial charge >= 0.3 is 5.97 Å². The van der Waals surface area contributed by atoms with Crippen molar-refractivity contribution in [2.24, 2.45) is 11.8 Å². The molecule has 1 saturated heterocycles. The summed E-state index contributed by atoms with van der Waals surface area (Å²) < 4.78 is 10.5. The van der Waals surface area contributed by atoms with E-state index in [9.17, 15) is 9.59 Å². The normalized spacial score (nSPS) is 19.9. The van der Waals surface area contributed by atoms with Crippen molar-refractivity contribution in [1.82, 2.24) is 5.32 Å². The van der Waals surface area contributed by atoms with E-state index < -0.39 is 5.92 Å². The van der Waals surface area contributed by atoms with Crippen LogP contribution in [0.4, 0.5) is 0 Å². The van der Waals surface area contributed by atoms with E-state index in [0.29, 0.717) is 6.42 Å². The number of rotatable bonds is 9. The van der Waals surface area contributed by atoms with Crippen LogP contribution < -0.4 is 5.32 Å². The van der Waals surface area contributed by atoms with Gasteiger partial charge in [-0.15, -0.1) is 0 Å². The quantitative estimate of drug-likeness (QED) is 0.683. The number of ether oxygens (including phenoxy) is 2. The maximum absolute atomic E-state index is 12.8. The van der Waals surface area contributed by atoms with E-state index in [-0.39, 0.29) is 43.7 Å². The third-order valence-electron chi connectivity index (χ3n) is 5.07. The smallest absolute Gasteiger partial charge is 0.309 e. The molecule has 1 aliphatic rings. The standard InChI is InChI=1S/C20H29NO4.CH4/c1-14(19(24-2)17-10-7-11-21-17)18(22)13-16(20(23)25-3)12-15-8-5-4-6-9-15;/h4-6,8-9,14,16-17,19,21H,7,10-13H2,1-3H3;1H4/t14-,16+,17-,19+;/m0./s1. The van der Waals surface area contributed by atoms with Crippen molar-refractivity contribution in [1.29, 1.82) is 0 Å². The second-order valence-corrected chi connectivity index (χ2v) is 6.77. The minimum absolute atomic E-state index is 0. The van der Waals surface area contributed by atoms with Gasteiger partial charge in [0.1, 0.15) is 5.78 Å². The molecule has 1 heterocycles. The summed E-state index contributed by atoms with van der Waals surface area (Å²) in [6.07, 6.45) is 2.64. The van der Waals surface area contributed by atoms with Crippen LogP contribution in [0.2, 0.25) is 0 Å². The first kappa shape index (κ1) is 22.3. The summed E-state index contributed by atoms with van der Waals surface area (Å²) in [5, 5.41) is 3.40. The summed E-state index contributed by atoms with van der Waals surface area (Å²) in [6.45, 7) is 2.86. The fourth-order valence-corrected chi connectivity index (χ4v) is 3.62. The largest absolute Gasteiger partial charge is 0.469 e. The zero-order valence-electron chi connectivity index (χ0n) is 15.4. The van der Waals surface area contributed by atoms with Gasteiger partial charge < -0.3 is 14.8 Å². The van der Waals surface area contributed by atoms with Gasteiger partial charge in [-0.05, 0) is 31.4 Å². The maximum atomic E-state index is 12.8. The van der Waals surface area contributed by atoms with Crippen molar-refractivity contribution in [3.63, 3.8) is 0 Å².